The Hall–Kier alpha value is -0.970. The van der Waals surface area contributed by atoms with Gasteiger partial charge in [-0.3, -0.25) is 4.79 Å². The molecule has 0 saturated carbocycles. The maximum Gasteiger partial charge on any atom is 0.149 e. The van der Waals surface area contributed by atoms with Crippen molar-refractivity contribution in [3.05, 3.63) is 23.8 Å². The minimum atomic E-state index is 0.0972. The van der Waals surface area contributed by atoms with Crippen molar-refractivity contribution in [3.63, 3.8) is 0 Å². The third-order valence-corrected chi connectivity index (χ3v) is 1.36. The van der Waals surface area contributed by atoms with Crippen LogP contribution < -0.4 is 5.73 Å². The van der Waals surface area contributed by atoms with Crippen LogP contribution in [0.3, 0.4) is 0 Å². The van der Waals surface area contributed by atoms with E-state index in [1.807, 2.05) is 32.9 Å². The second-order valence-electron chi connectivity index (χ2n) is 2.61. The highest BCUT2D eigenvalue weighted by molar-refractivity contribution is 5.77. The first-order valence-electron chi connectivity index (χ1n) is 6.30. The topological polar surface area (TPSA) is 83.5 Å². The average molecular weight is 261 g/mol. The molecule has 0 aromatic heterocycles. The fourth-order valence-electron chi connectivity index (χ4n) is 0.590. The maximum absolute atomic E-state index is 10.2. The smallest absolute Gasteiger partial charge is 0.149 e. The number of nitrogens with two attached hydrogens (primary N) is 1. The van der Waals surface area contributed by atoms with Crippen LogP contribution in [-0.4, -0.2) is 36.8 Å². The summed E-state index contributed by atoms with van der Waals surface area (Å²) >= 11 is 0. The van der Waals surface area contributed by atoms with E-state index in [9.17, 15) is 4.79 Å². The molecule has 0 radical (unpaired) electrons. The lowest BCUT2D eigenvalue weighted by atomic mass is 10.2. The number of carbonyl (C=O) groups excluding carboxylic acids is 1. The van der Waals surface area contributed by atoms with E-state index in [1.54, 1.807) is 6.08 Å². The van der Waals surface area contributed by atoms with Crippen LogP contribution in [-0.2, 0) is 4.79 Å². The lowest BCUT2D eigenvalue weighted by Gasteiger charge is -1.85. The molecule has 0 aromatic rings. The molecule has 0 aliphatic heterocycles. The van der Waals surface area contributed by atoms with Crippen LogP contribution >= 0.6 is 0 Å². The summed E-state index contributed by atoms with van der Waals surface area (Å²) in [4.78, 5) is 10.2. The third kappa shape index (κ3) is 36.3. The SMILES string of the molecule is C/C=C(C=O)\C=C/CCC.CC.CO.NCCO. The summed E-state index contributed by atoms with van der Waals surface area (Å²) in [7, 11) is 1.00. The number of allylic oxidation sites excluding steroid dienone is 4. The van der Waals surface area contributed by atoms with E-state index >= 15 is 0 Å². The first kappa shape index (κ1) is 25.8. The Morgan fingerprint density at radius 1 is 1.28 bits per heavy atom. The van der Waals surface area contributed by atoms with Gasteiger partial charge in [0.15, 0.2) is 0 Å². The molecule has 4 N–H and O–H groups in total. The van der Waals surface area contributed by atoms with Crippen LogP contribution in [0, 0.1) is 0 Å². The number of aliphatic hydroxyl groups excluding tert-OH is 2. The van der Waals surface area contributed by atoms with E-state index in [0.717, 1.165) is 31.8 Å². The predicted octanol–water partition coefficient (Wildman–Crippen LogP) is 2.06. The van der Waals surface area contributed by atoms with E-state index in [2.05, 4.69) is 6.92 Å². The minimum absolute atomic E-state index is 0.0972. The lowest BCUT2D eigenvalue weighted by Crippen LogP contribution is -2.02. The van der Waals surface area contributed by atoms with Crippen LogP contribution in [0.5, 0.6) is 0 Å². The van der Waals surface area contributed by atoms with E-state index < -0.39 is 0 Å². The van der Waals surface area contributed by atoms with Crippen molar-refractivity contribution < 1.29 is 15.0 Å². The van der Waals surface area contributed by atoms with Gasteiger partial charge >= 0.3 is 0 Å². The molecule has 0 aliphatic carbocycles. The van der Waals surface area contributed by atoms with Crippen molar-refractivity contribution in [3.8, 4) is 0 Å². The van der Waals surface area contributed by atoms with Gasteiger partial charge in [-0.25, -0.2) is 0 Å². The van der Waals surface area contributed by atoms with Crippen LogP contribution in [0.15, 0.2) is 23.8 Å². The summed E-state index contributed by atoms with van der Waals surface area (Å²) in [6, 6.07) is 0. The third-order valence-electron chi connectivity index (χ3n) is 1.36. The predicted molar refractivity (Wildman–Crippen MR) is 79.5 cm³/mol. The van der Waals surface area contributed by atoms with Gasteiger partial charge in [-0.1, -0.05) is 45.4 Å². The second kappa shape index (κ2) is 36.0. The molecular formula is C14H31NO3. The largest absolute Gasteiger partial charge is 0.400 e. The molecule has 18 heavy (non-hydrogen) atoms. The number of aldehydes is 1. The van der Waals surface area contributed by atoms with E-state index in [-0.39, 0.29) is 6.61 Å². The fourth-order valence-corrected chi connectivity index (χ4v) is 0.590. The van der Waals surface area contributed by atoms with Crippen molar-refractivity contribution in [2.75, 3.05) is 20.3 Å². The Bertz CT molecular complexity index is 176. The van der Waals surface area contributed by atoms with Crippen LogP contribution in [0.1, 0.15) is 40.5 Å². The average Bonchev–Trinajstić information content (AvgIpc) is 2.48. The van der Waals surface area contributed by atoms with Crippen LogP contribution in [0.2, 0.25) is 0 Å². The van der Waals surface area contributed by atoms with Gasteiger partial charge in [0.25, 0.3) is 0 Å². The zero-order valence-electron chi connectivity index (χ0n) is 12.5. The molecule has 0 aliphatic rings. The summed E-state index contributed by atoms with van der Waals surface area (Å²) in [5, 5.41) is 14.8. The Balaban J connectivity index is -0.000000102. The van der Waals surface area contributed by atoms with Crippen molar-refractivity contribution in [1.82, 2.24) is 0 Å². The Kier molecular flexibility index (Phi) is 51.5. The number of carbonyl (C=O) groups is 1. The first-order chi connectivity index (χ1) is 8.76. The zero-order valence-corrected chi connectivity index (χ0v) is 12.5. The van der Waals surface area contributed by atoms with Crippen molar-refractivity contribution in [2.45, 2.75) is 40.5 Å². The van der Waals surface area contributed by atoms with Gasteiger partial charge in [0.05, 0.1) is 6.61 Å². The lowest BCUT2D eigenvalue weighted by molar-refractivity contribution is -0.104. The zero-order chi connectivity index (χ0) is 15.2. The summed E-state index contributed by atoms with van der Waals surface area (Å²) in [5.41, 5.74) is 5.54. The Labute approximate surface area is 112 Å². The molecule has 4 heteroatoms. The molecule has 0 saturated heterocycles. The first-order valence-corrected chi connectivity index (χ1v) is 6.30. The molecule has 0 fully saturated rings. The van der Waals surface area contributed by atoms with Crippen LogP contribution in [0.25, 0.3) is 0 Å². The van der Waals surface area contributed by atoms with Crippen molar-refractivity contribution in [2.24, 2.45) is 5.73 Å². The Morgan fingerprint density at radius 2 is 1.72 bits per heavy atom. The van der Waals surface area contributed by atoms with Gasteiger partial charge in [0, 0.05) is 19.2 Å². The highest BCUT2D eigenvalue weighted by Crippen LogP contribution is 1.95. The molecule has 0 rings (SSSR count). The molecule has 0 bridgehead atoms. The van der Waals surface area contributed by atoms with Gasteiger partial charge in [0.1, 0.15) is 6.29 Å². The van der Waals surface area contributed by atoms with Gasteiger partial charge in [-0.15, -0.1) is 0 Å². The fraction of sp³-hybridized carbons (Fsp3) is 0.643. The number of aliphatic hydroxyl groups is 2. The van der Waals surface area contributed by atoms with Gasteiger partial charge in [-0.2, -0.15) is 0 Å². The van der Waals surface area contributed by atoms with E-state index in [0.29, 0.717) is 6.54 Å². The highest BCUT2D eigenvalue weighted by atomic mass is 16.3. The summed E-state index contributed by atoms with van der Waals surface area (Å²) in [5.74, 6) is 0. The molecule has 0 atom stereocenters. The molecule has 0 amide bonds. The second-order valence-corrected chi connectivity index (χ2v) is 2.61. The van der Waals surface area contributed by atoms with Gasteiger partial charge < -0.3 is 15.9 Å². The van der Waals surface area contributed by atoms with E-state index in [1.165, 1.54) is 0 Å². The number of hydrogen-bond donors (Lipinski definition) is 3. The summed E-state index contributed by atoms with van der Waals surface area (Å²) < 4.78 is 0. The van der Waals surface area contributed by atoms with Crippen molar-refractivity contribution >= 4 is 6.29 Å². The molecule has 0 aromatic carbocycles. The van der Waals surface area contributed by atoms with Gasteiger partial charge in [0.2, 0.25) is 0 Å². The normalized spacial score (nSPS) is 9.22. The monoisotopic (exact) mass is 261 g/mol. The summed E-state index contributed by atoms with van der Waals surface area (Å²) in [6.45, 7) is 8.45. The molecule has 0 unspecified atom stereocenters. The molecule has 110 valence electrons. The molecular weight excluding hydrogens is 230 g/mol. The highest BCUT2D eigenvalue weighted by Gasteiger charge is 1.82. The van der Waals surface area contributed by atoms with Gasteiger partial charge in [-0.05, 0) is 13.3 Å². The van der Waals surface area contributed by atoms with Crippen molar-refractivity contribution in [1.29, 1.82) is 0 Å². The summed E-state index contributed by atoms with van der Waals surface area (Å²) in [6.07, 6.45) is 8.73. The number of rotatable bonds is 5. The molecule has 4 nitrogen and oxygen atoms in total. The van der Waals surface area contributed by atoms with E-state index in [4.69, 9.17) is 15.9 Å². The van der Waals surface area contributed by atoms with Crippen LogP contribution in [0.4, 0.5) is 0 Å². The molecule has 0 spiro atoms. The number of unbranched alkanes of at least 4 members (excludes halogenated alkanes) is 1. The maximum atomic E-state index is 10.2. The quantitative estimate of drug-likeness (QED) is 0.402. The number of hydrogen-bond acceptors (Lipinski definition) is 4. The molecule has 0 heterocycles. The minimum Gasteiger partial charge on any atom is -0.400 e. The standard InChI is InChI=1S/C9H14O.C2H7NO.C2H6.CH4O/c1-3-5-6-7-9(4-2)8-10;3-1-2-4;2*1-2/h4,6-8H,3,5H2,1-2H3;4H,1-3H2;1-2H3;2H,1H3/b7-6-,9-4+;;;. The Morgan fingerprint density at radius 3 is 1.94 bits per heavy atom.